The molecule has 94 valence electrons. The molecule has 5 nitrogen and oxygen atoms in total. The van der Waals surface area contributed by atoms with Gasteiger partial charge in [0.1, 0.15) is 10.3 Å². The molecule has 0 saturated carbocycles. The molecule has 0 atom stereocenters. The summed E-state index contributed by atoms with van der Waals surface area (Å²) in [5.41, 5.74) is 0.653. The highest BCUT2D eigenvalue weighted by Gasteiger charge is 2.19. The quantitative estimate of drug-likeness (QED) is 0.606. The number of aromatic nitrogens is 2. The number of nitrogens with zero attached hydrogens (tertiary/aromatic N) is 3. The van der Waals surface area contributed by atoms with Crippen LogP contribution in [0.15, 0.2) is 33.3 Å². The van der Waals surface area contributed by atoms with Gasteiger partial charge in [0.05, 0.1) is 22.3 Å². The predicted molar refractivity (Wildman–Crippen MR) is 69.8 cm³/mol. The first-order chi connectivity index (χ1) is 8.49. The minimum absolute atomic E-state index is 0.241. The second-order valence-corrected chi connectivity index (χ2v) is 5.12. The zero-order chi connectivity index (χ0) is 13.3. The highest BCUT2D eigenvalue weighted by molar-refractivity contribution is 9.10. The van der Waals surface area contributed by atoms with Crippen molar-refractivity contribution in [3.8, 4) is 0 Å². The summed E-state index contributed by atoms with van der Waals surface area (Å²) in [5, 5.41) is 14.4. The number of nitro groups is 1. The summed E-state index contributed by atoms with van der Waals surface area (Å²) in [7, 11) is 0. The van der Waals surface area contributed by atoms with Gasteiger partial charge in [-0.15, -0.1) is 0 Å². The zero-order valence-electron chi connectivity index (χ0n) is 8.81. The molecule has 0 aliphatic rings. The van der Waals surface area contributed by atoms with Crippen molar-refractivity contribution in [2.75, 3.05) is 0 Å². The fraction of sp³-hybridized carbons (Fsp3) is 0.100. The first-order valence-electron chi connectivity index (χ1n) is 4.79. The third-order valence-electron chi connectivity index (χ3n) is 2.24. The number of hydrogen-bond acceptors (Lipinski definition) is 3. The molecule has 0 bridgehead atoms. The van der Waals surface area contributed by atoms with Gasteiger partial charge in [-0.2, -0.15) is 4.68 Å². The number of benzene rings is 1. The monoisotopic (exact) mass is 377 g/mol. The highest BCUT2D eigenvalue weighted by atomic mass is 79.9. The van der Waals surface area contributed by atoms with Crippen LogP contribution < -0.4 is 0 Å². The van der Waals surface area contributed by atoms with E-state index in [0.29, 0.717) is 14.5 Å². The van der Waals surface area contributed by atoms with E-state index in [1.165, 1.54) is 16.9 Å². The van der Waals surface area contributed by atoms with Gasteiger partial charge >= 0.3 is 5.82 Å². The lowest BCUT2D eigenvalue weighted by molar-refractivity contribution is -0.390. The Balaban J connectivity index is 2.32. The summed E-state index contributed by atoms with van der Waals surface area (Å²) in [5.74, 6) is -0.643. The molecule has 0 unspecified atom stereocenters. The molecule has 18 heavy (non-hydrogen) atoms. The Morgan fingerprint density at radius 3 is 2.78 bits per heavy atom. The van der Waals surface area contributed by atoms with Crippen LogP contribution in [0.1, 0.15) is 5.56 Å². The van der Waals surface area contributed by atoms with Crippen LogP contribution in [0.2, 0.25) is 0 Å². The van der Waals surface area contributed by atoms with E-state index in [4.69, 9.17) is 0 Å². The van der Waals surface area contributed by atoms with Crippen LogP contribution in [-0.4, -0.2) is 14.7 Å². The molecule has 0 aliphatic heterocycles. The molecule has 0 saturated heterocycles. The first-order valence-corrected chi connectivity index (χ1v) is 6.38. The van der Waals surface area contributed by atoms with Gasteiger partial charge in [-0.1, -0.05) is 12.1 Å². The van der Waals surface area contributed by atoms with E-state index in [1.807, 2.05) is 0 Å². The zero-order valence-corrected chi connectivity index (χ0v) is 12.0. The Labute approximate surface area is 118 Å². The number of hydrogen-bond donors (Lipinski definition) is 0. The van der Waals surface area contributed by atoms with Crippen LogP contribution >= 0.6 is 31.9 Å². The fourth-order valence-electron chi connectivity index (χ4n) is 1.44. The van der Waals surface area contributed by atoms with E-state index in [-0.39, 0.29) is 18.2 Å². The second-order valence-electron chi connectivity index (χ2n) is 3.47. The fourth-order valence-corrected chi connectivity index (χ4v) is 2.29. The second kappa shape index (κ2) is 5.15. The average molecular weight is 379 g/mol. The van der Waals surface area contributed by atoms with Gasteiger partial charge in [0.2, 0.25) is 0 Å². The lowest BCUT2D eigenvalue weighted by Crippen LogP contribution is -2.02. The Bertz CT molecular complexity index is 615. The maximum atomic E-state index is 13.3. The Morgan fingerprint density at radius 2 is 2.17 bits per heavy atom. The van der Waals surface area contributed by atoms with E-state index in [2.05, 4.69) is 37.0 Å². The van der Waals surface area contributed by atoms with Crippen LogP contribution in [0.4, 0.5) is 10.2 Å². The summed E-state index contributed by atoms with van der Waals surface area (Å²) < 4.78 is 15.3. The third-order valence-corrected chi connectivity index (χ3v) is 3.68. The summed E-state index contributed by atoms with van der Waals surface area (Å²) in [4.78, 5) is 10.1. The molecule has 1 aromatic carbocycles. The van der Waals surface area contributed by atoms with E-state index in [1.54, 1.807) is 12.1 Å². The minimum atomic E-state index is -0.582. The minimum Gasteiger partial charge on any atom is -0.358 e. The Hall–Kier alpha value is -1.28. The van der Waals surface area contributed by atoms with Gasteiger partial charge in [-0.3, -0.25) is 0 Å². The van der Waals surface area contributed by atoms with Gasteiger partial charge < -0.3 is 10.1 Å². The largest absolute Gasteiger partial charge is 0.404 e. The average Bonchev–Trinajstić information content (AvgIpc) is 2.66. The smallest absolute Gasteiger partial charge is 0.358 e. The molecular weight excluding hydrogens is 373 g/mol. The van der Waals surface area contributed by atoms with Crippen molar-refractivity contribution >= 4 is 37.7 Å². The van der Waals surface area contributed by atoms with Crippen LogP contribution in [0.3, 0.4) is 0 Å². The van der Waals surface area contributed by atoms with Crippen LogP contribution in [-0.2, 0) is 6.54 Å². The van der Waals surface area contributed by atoms with Crippen molar-refractivity contribution in [2.45, 2.75) is 6.54 Å². The number of halogens is 3. The topological polar surface area (TPSA) is 61.0 Å². The van der Waals surface area contributed by atoms with Gasteiger partial charge in [-0.25, -0.2) is 4.39 Å². The van der Waals surface area contributed by atoms with Crippen molar-refractivity contribution < 1.29 is 9.31 Å². The molecule has 0 aliphatic carbocycles. The van der Waals surface area contributed by atoms with Crippen molar-refractivity contribution in [1.82, 2.24) is 9.78 Å². The summed E-state index contributed by atoms with van der Waals surface area (Å²) in [6.45, 7) is 0.241. The van der Waals surface area contributed by atoms with E-state index < -0.39 is 4.92 Å². The molecule has 1 aromatic heterocycles. The molecule has 0 amide bonds. The van der Waals surface area contributed by atoms with Crippen LogP contribution in [0.25, 0.3) is 0 Å². The summed E-state index contributed by atoms with van der Waals surface area (Å²) in [6, 6.07) is 4.62. The van der Waals surface area contributed by atoms with E-state index in [9.17, 15) is 14.5 Å². The normalized spacial score (nSPS) is 10.6. The molecule has 0 spiro atoms. The van der Waals surface area contributed by atoms with Gasteiger partial charge in [0, 0.05) is 0 Å². The standard InChI is InChI=1S/C10H6Br2FN3O2/c11-7-5-15(14-10(7)16(17)18)4-6-2-1-3-8(13)9(6)12/h1-3,5H,4H2. The SMILES string of the molecule is O=[N+]([O-])c1nn(Cc2cccc(F)c2Br)cc1Br. The highest BCUT2D eigenvalue weighted by Crippen LogP contribution is 2.25. The third kappa shape index (κ3) is 2.59. The molecule has 1 heterocycles. The first kappa shape index (κ1) is 13.2. The van der Waals surface area contributed by atoms with Crippen LogP contribution in [0, 0.1) is 15.9 Å². The van der Waals surface area contributed by atoms with Crippen molar-refractivity contribution in [2.24, 2.45) is 0 Å². The number of rotatable bonds is 3. The summed E-state index contributed by atoms with van der Waals surface area (Å²) >= 11 is 6.18. The molecular formula is C10H6Br2FN3O2. The Morgan fingerprint density at radius 1 is 1.44 bits per heavy atom. The maximum Gasteiger partial charge on any atom is 0.404 e. The van der Waals surface area contributed by atoms with E-state index in [0.717, 1.165) is 0 Å². The molecule has 2 rings (SSSR count). The van der Waals surface area contributed by atoms with Crippen molar-refractivity contribution in [1.29, 1.82) is 0 Å². The lowest BCUT2D eigenvalue weighted by Gasteiger charge is -2.02. The predicted octanol–water partition coefficient (Wildman–Crippen LogP) is 3.50. The summed E-state index contributed by atoms with van der Waals surface area (Å²) in [6.07, 6.45) is 1.48. The van der Waals surface area contributed by atoms with Crippen LogP contribution in [0.5, 0.6) is 0 Å². The molecule has 8 heteroatoms. The van der Waals surface area contributed by atoms with E-state index >= 15 is 0 Å². The lowest BCUT2D eigenvalue weighted by atomic mass is 10.2. The van der Waals surface area contributed by atoms with Gasteiger partial charge in [0.25, 0.3) is 0 Å². The van der Waals surface area contributed by atoms with Gasteiger partial charge in [-0.05, 0) is 48.4 Å². The maximum absolute atomic E-state index is 13.3. The molecule has 0 fully saturated rings. The molecule has 2 aromatic rings. The van der Waals surface area contributed by atoms with Crippen molar-refractivity contribution in [3.63, 3.8) is 0 Å². The molecule has 0 radical (unpaired) electrons. The van der Waals surface area contributed by atoms with Gasteiger partial charge in [0.15, 0.2) is 0 Å². The molecule has 0 N–H and O–H groups in total. The Kier molecular flexibility index (Phi) is 3.76. The van der Waals surface area contributed by atoms with Crippen molar-refractivity contribution in [3.05, 3.63) is 54.8 Å².